The molecule has 0 aliphatic rings. The number of hydrogen-bond donors (Lipinski definition) is 1. The van der Waals surface area contributed by atoms with Crippen LogP contribution in [0.15, 0.2) is 40.9 Å². The minimum Gasteiger partial charge on any atom is -0.381 e. The zero-order valence-electron chi connectivity index (χ0n) is 9.81. The molecule has 0 unspecified atom stereocenters. The van der Waals surface area contributed by atoms with Crippen molar-refractivity contribution in [2.24, 2.45) is 0 Å². The highest BCUT2D eigenvalue weighted by molar-refractivity contribution is 9.10. The molecule has 0 aromatic heterocycles. The Kier molecular flexibility index (Phi) is 4.55. The van der Waals surface area contributed by atoms with E-state index in [9.17, 15) is 0 Å². The predicted octanol–water partition coefficient (Wildman–Crippen LogP) is 5.68. The molecule has 4 heteroatoms. The molecule has 2 aromatic rings. The van der Waals surface area contributed by atoms with Crippen molar-refractivity contribution >= 4 is 44.8 Å². The van der Waals surface area contributed by atoms with Crippen molar-refractivity contribution in [3.8, 4) is 0 Å². The molecule has 0 amide bonds. The molecule has 0 atom stereocenters. The van der Waals surface area contributed by atoms with Gasteiger partial charge < -0.3 is 5.32 Å². The second-order valence-electron chi connectivity index (χ2n) is 4.07. The molecule has 0 spiro atoms. The van der Waals surface area contributed by atoms with Gasteiger partial charge in [-0.25, -0.2) is 0 Å². The van der Waals surface area contributed by atoms with E-state index in [-0.39, 0.29) is 0 Å². The summed E-state index contributed by atoms with van der Waals surface area (Å²) in [5.41, 5.74) is 3.25. The van der Waals surface area contributed by atoms with Crippen molar-refractivity contribution in [3.63, 3.8) is 0 Å². The van der Waals surface area contributed by atoms with Gasteiger partial charge in [0.1, 0.15) is 0 Å². The molecular formula is C14H12BrCl2N. The summed E-state index contributed by atoms with van der Waals surface area (Å²) < 4.78 is 0.908. The molecule has 2 aromatic carbocycles. The normalized spacial score (nSPS) is 10.4. The van der Waals surface area contributed by atoms with E-state index in [1.165, 1.54) is 0 Å². The van der Waals surface area contributed by atoms with E-state index in [1.807, 2.05) is 43.3 Å². The minimum absolute atomic E-state index is 0.720. The van der Waals surface area contributed by atoms with Gasteiger partial charge in [-0.15, -0.1) is 0 Å². The maximum absolute atomic E-state index is 6.08. The highest BCUT2D eigenvalue weighted by Gasteiger charge is 2.01. The Hall–Kier alpha value is -0.700. The predicted molar refractivity (Wildman–Crippen MR) is 82.7 cm³/mol. The zero-order valence-corrected chi connectivity index (χ0v) is 12.9. The maximum Gasteiger partial charge on any atom is 0.0548 e. The van der Waals surface area contributed by atoms with E-state index in [0.717, 1.165) is 37.9 Å². The van der Waals surface area contributed by atoms with E-state index in [1.54, 1.807) is 0 Å². The molecule has 0 fully saturated rings. The van der Waals surface area contributed by atoms with Crippen LogP contribution >= 0.6 is 39.1 Å². The van der Waals surface area contributed by atoms with Gasteiger partial charge in [0.15, 0.2) is 0 Å². The molecule has 0 saturated heterocycles. The Morgan fingerprint density at radius 3 is 2.50 bits per heavy atom. The molecule has 0 aliphatic carbocycles. The van der Waals surface area contributed by atoms with Gasteiger partial charge in [0.05, 0.1) is 5.02 Å². The summed E-state index contributed by atoms with van der Waals surface area (Å²) in [5, 5.41) is 4.82. The zero-order chi connectivity index (χ0) is 13.1. The van der Waals surface area contributed by atoms with Crippen molar-refractivity contribution in [1.82, 2.24) is 0 Å². The molecule has 0 bridgehead atoms. The average molecular weight is 345 g/mol. The van der Waals surface area contributed by atoms with Gasteiger partial charge in [0.25, 0.3) is 0 Å². The molecule has 0 radical (unpaired) electrons. The van der Waals surface area contributed by atoms with Crippen molar-refractivity contribution < 1.29 is 0 Å². The number of nitrogens with one attached hydrogen (secondary N) is 1. The van der Waals surface area contributed by atoms with Crippen molar-refractivity contribution in [3.05, 3.63) is 62.0 Å². The van der Waals surface area contributed by atoms with Gasteiger partial charge in [0.2, 0.25) is 0 Å². The molecule has 2 rings (SSSR count). The molecule has 0 saturated carbocycles. The third-order valence-corrected chi connectivity index (χ3v) is 4.27. The van der Waals surface area contributed by atoms with Crippen LogP contribution in [-0.2, 0) is 6.54 Å². The summed E-state index contributed by atoms with van der Waals surface area (Å²) in [5.74, 6) is 0. The average Bonchev–Trinajstić information content (AvgIpc) is 2.35. The number of benzene rings is 2. The number of hydrogen-bond acceptors (Lipinski definition) is 1. The van der Waals surface area contributed by atoms with Gasteiger partial charge in [-0.1, -0.05) is 35.3 Å². The van der Waals surface area contributed by atoms with Crippen LogP contribution in [0.25, 0.3) is 0 Å². The first-order valence-electron chi connectivity index (χ1n) is 5.50. The first-order valence-corrected chi connectivity index (χ1v) is 7.05. The van der Waals surface area contributed by atoms with E-state index in [2.05, 4.69) is 21.2 Å². The minimum atomic E-state index is 0.720. The number of aryl methyl sites for hydroxylation is 1. The Morgan fingerprint density at radius 1 is 1.06 bits per heavy atom. The SMILES string of the molecule is Cc1ccc(NCc2ccc(Cl)c(Br)c2)cc1Cl. The molecular weight excluding hydrogens is 333 g/mol. The lowest BCUT2D eigenvalue weighted by molar-refractivity contribution is 1.14. The second kappa shape index (κ2) is 5.96. The van der Waals surface area contributed by atoms with Crippen LogP contribution in [0.5, 0.6) is 0 Å². The Balaban J connectivity index is 2.06. The Labute approximate surface area is 125 Å². The van der Waals surface area contributed by atoms with Gasteiger partial charge >= 0.3 is 0 Å². The monoisotopic (exact) mass is 343 g/mol. The molecule has 94 valence electrons. The van der Waals surface area contributed by atoms with Crippen LogP contribution < -0.4 is 5.32 Å². The van der Waals surface area contributed by atoms with Crippen LogP contribution in [0.2, 0.25) is 10.0 Å². The van der Waals surface area contributed by atoms with E-state index in [4.69, 9.17) is 23.2 Å². The van der Waals surface area contributed by atoms with Crippen LogP contribution in [0.1, 0.15) is 11.1 Å². The second-order valence-corrected chi connectivity index (χ2v) is 5.73. The quantitative estimate of drug-likeness (QED) is 0.755. The van der Waals surface area contributed by atoms with E-state index < -0.39 is 0 Å². The van der Waals surface area contributed by atoms with Crippen LogP contribution in [0.3, 0.4) is 0 Å². The van der Waals surface area contributed by atoms with E-state index in [0.29, 0.717) is 0 Å². The molecule has 18 heavy (non-hydrogen) atoms. The highest BCUT2D eigenvalue weighted by atomic mass is 79.9. The van der Waals surface area contributed by atoms with Gasteiger partial charge in [-0.3, -0.25) is 0 Å². The maximum atomic E-state index is 6.08. The topological polar surface area (TPSA) is 12.0 Å². The van der Waals surface area contributed by atoms with Crippen molar-refractivity contribution in [1.29, 1.82) is 0 Å². The Bertz CT molecular complexity index is 518. The number of anilines is 1. The third-order valence-electron chi connectivity index (χ3n) is 2.65. The fraction of sp³-hybridized carbons (Fsp3) is 0.143. The molecule has 1 nitrogen and oxygen atoms in total. The summed E-state index contributed by atoms with van der Waals surface area (Å²) in [7, 11) is 0. The van der Waals surface area contributed by atoms with Crippen molar-refractivity contribution in [2.75, 3.05) is 5.32 Å². The summed E-state index contributed by atoms with van der Waals surface area (Å²) in [6.07, 6.45) is 0. The smallest absolute Gasteiger partial charge is 0.0548 e. The standard InChI is InChI=1S/C14H12BrCl2N/c1-9-2-4-11(7-14(9)17)18-8-10-3-5-13(16)12(15)6-10/h2-7,18H,8H2,1H3. The summed E-state index contributed by atoms with van der Waals surface area (Å²) in [6.45, 7) is 2.72. The lowest BCUT2D eigenvalue weighted by Crippen LogP contribution is -1.99. The largest absolute Gasteiger partial charge is 0.381 e. The first-order chi connectivity index (χ1) is 8.56. The number of rotatable bonds is 3. The fourth-order valence-electron chi connectivity index (χ4n) is 1.56. The summed E-state index contributed by atoms with van der Waals surface area (Å²) in [6, 6.07) is 11.8. The van der Waals surface area contributed by atoms with Gasteiger partial charge in [0, 0.05) is 21.7 Å². The van der Waals surface area contributed by atoms with Crippen molar-refractivity contribution in [2.45, 2.75) is 13.5 Å². The lowest BCUT2D eigenvalue weighted by atomic mass is 10.2. The van der Waals surface area contributed by atoms with Crippen LogP contribution in [0.4, 0.5) is 5.69 Å². The van der Waals surface area contributed by atoms with Gasteiger partial charge in [-0.2, -0.15) is 0 Å². The molecule has 0 aliphatic heterocycles. The molecule has 0 heterocycles. The summed E-state index contributed by atoms with van der Waals surface area (Å²) >= 11 is 15.4. The lowest BCUT2D eigenvalue weighted by Gasteiger charge is -2.09. The summed E-state index contributed by atoms with van der Waals surface area (Å²) in [4.78, 5) is 0. The van der Waals surface area contributed by atoms with E-state index >= 15 is 0 Å². The van der Waals surface area contributed by atoms with Crippen LogP contribution in [-0.4, -0.2) is 0 Å². The van der Waals surface area contributed by atoms with Crippen LogP contribution in [0, 0.1) is 6.92 Å². The first kappa shape index (κ1) is 13.7. The Morgan fingerprint density at radius 2 is 1.83 bits per heavy atom. The third kappa shape index (κ3) is 3.41. The van der Waals surface area contributed by atoms with Gasteiger partial charge in [-0.05, 0) is 58.2 Å². The molecule has 1 N–H and O–H groups in total. The fourth-order valence-corrected chi connectivity index (χ4v) is 2.28. The number of halogens is 3. The highest BCUT2D eigenvalue weighted by Crippen LogP contribution is 2.24.